The van der Waals surface area contributed by atoms with E-state index in [4.69, 9.17) is 21.1 Å². The van der Waals surface area contributed by atoms with Gasteiger partial charge in [0.1, 0.15) is 11.8 Å². The van der Waals surface area contributed by atoms with Crippen molar-refractivity contribution < 1.29 is 14.3 Å². The average Bonchev–Trinajstić information content (AvgIpc) is 3.08. The summed E-state index contributed by atoms with van der Waals surface area (Å²) in [4.78, 5) is 31.1. The van der Waals surface area contributed by atoms with Crippen molar-refractivity contribution in [3.8, 4) is 5.75 Å². The molecular formula is C23H19ClN2O4S. The van der Waals surface area contributed by atoms with Crippen LogP contribution in [0.1, 0.15) is 24.1 Å². The van der Waals surface area contributed by atoms with Gasteiger partial charge >= 0.3 is 5.97 Å². The fourth-order valence-electron chi connectivity index (χ4n) is 3.54. The molecule has 4 rings (SSSR count). The Morgan fingerprint density at radius 1 is 1.16 bits per heavy atom. The van der Waals surface area contributed by atoms with Crippen molar-refractivity contribution in [1.82, 2.24) is 4.57 Å². The van der Waals surface area contributed by atoms with E-state index in [1.54, 1.807) is 38.3 Å². The van der Waals surface area contributed by atoms with Crippen LogP contribution in [-0.2, 0) is 9.53 Å². The van der Waals surface area contributed by atoms with Gasteiger partial charge < -0.3 is 9.47 Å². The van der Waals surface area contributed by atoms with E-state index in [1.807, 2.05) is 30.3 Å². The lowest BCUT2D eigenvalue weighted by Gasteiger charge is -2.25. The maximum atomic E-state index is 13.4. The molecule has 3 aromatic rings. The molecule has 0 amide bonds. The Morgan fingerprint density at radius 2 is 1.87 bits per heavy atom. The lowest BCUT2D eigenvalue weighted by molar-refractivity contribution is -0.136. The van der Waals surface area contributed by atoms with Crippen LogP contribution in [0.25, 0.3) is 6.08 Å². The molecule has 1 aromatic heterocycles. The van der Waals surface area contributed by atoms with Crippen LogP contribution >= 0.6 is 22.9 Å². The first-order chi connectivity index (χ1) is 14.9. The maximum Gasteiger partial charge on any atom is 0.338 e. The zero-order valence-electron chi connectivity index (χ0n) is 17.1. The highest BCUT2D eigenvalue weighted by molar-refractivity contribution is 7.07. The van der Waals surface area contributed by atoms with Gasteiger partial charge in [0, 0.05) is 5.02 Å². The van der Waals surface area contributed by atoms with E-state index in [2.05, 4.69) is 4.99 Å². The lowest BCUT2D eigenvalue weighted by Crippen LogP contribution is -2.39. The number of nitrogens with zero attached hydrogens (tertiary/aromatic N) is 2. The number of fused-ring (bicyclic) bond motifs is 1. The number of hydrogen-bond acceptors (Lipinski definition) is 6. The highest BCUT2D eigenvalue weighted by Crippen LogP contribution is 2.34. The van der Waals surface area contributed by atoms with Crippen LogP contribution in [0.3, 0.4) is 0 Å². The molecular weight excluding hydrogens is 436 g/mol. The number of esters is 1. The van der Waals surface area contributed by atoms with E-state index in [1.165, 1.54) is 23.0 Å². The van der Waals surface area contributed by atoms with Gasteiger partial charge in [-0.15, -0.1) is 0 Å². The molecule has 0 radical (unpaired) electrons. The predicted octanol–water partition coefficient (Wildman–Crippen LogP) is 3.07. The molecule has 0 spiro atoms. The Hall–Kier alpha value is -3.16. The normalized spacial score (nSPS) is 16.0. The van der Waals surface area contributed by atoms with E-state index < -0.39 is 12.0 Å². The second-order valence-corrected chi connectivity index (χ2v) is 8.28. The Labute approximate surface area is 187 Å². The fraction of sp³-hybridized carbons (Fsp3) is 0.174. The molecule has 1 aliphatic heterocycles. The molecule has 2 heterocycles. The molecule has 8 heteroatoms. The standard InChI is InChI=1S/C23H19ClN2O4S/c1-13-19(22(28)30-3)20(16-6-4-5-7-17(16)24)26-21(27)18(31-23(26)25-13)12-14-8-10-15(29-2)11-9-14/h4-12,20H,1-3H3/b18-12-. The summed E-state index contributed by atoms with van der Waals surface area (Å²) < 4.78 is 12.2. The van der Waals surface area contributed by atoms with Crippen molar-refractivity contribution in [3.05, 3.63) is 95.6 Å². The number of allylic oxidation sites excluding steroid dienone is 1. The molecule has 31 heavy (non-hydrogen) atoms. The van der Waals surface area contributed by atoms with Crippen molar-refractivity contribution in [2.75, 3.05) is 14.2 Å². The first kappa shape index (κ1) is 21.1. The highest BCUT2D eigenvalue weighted by atomic mass is 35.5. The molecule has 0 saturated heterocycles. The van der Waals surface area contributed by atoms with E-state index in [-0.39, 0.29) is 5.56 Å². The minimum Gasteiger partial charge on any atom is -0.497 e. The van der Waals surface area contributed by atoms with Crippen LogP contribution in [-0.4, -0.2) is 24.8 Å². The van der Waals surface area contributed by atoms with Crippen LogP contribution in [0, 0.1) is 0 Å². The smallest absolute Gasteiger partial charge is 0.338 e. The van der Waals surface area contributed by atoms with Crippen LogP contribution in [0.15, 0.2) is 69.6 Å². The Morgan fingerprint density at radius 3 is 2.52 bits per heavy atom. The minimum absolute atomic E-state index is 0.251. The number of halogens is 1. The van der Waals surface area contributed by atoms with E-state index in [0.717, 1.165) is 11.3 Å². The molecule has 158 valence electrons. The van der Waals surface area contributed by atoms with E-state index in [9.17, 15) is 9.59 Å². The third-order valence-corrected chi connectivity index (χ3v) is 6.37. The summed E-state index contributed by atoms with van der Waals surface area (Å²) in [7, 11) is 2.91. The van der Waals surface area contributed by atoms with Gasteiger partial charge in [0.25, 0.3) is 5.56 Å². The number of carbonyl (C=O) groups excluding carboxylic acids is 1. The molecule has 0 N–H and O–H groups in total. The lowest BCUT2D eigenvalue weighted by atomic mass is 9.96. The number of ether oxygens (including phenoxy) is 2. The summed E-state index contributed by atoms with van der Waals surface area (Å²) in [6, 6.07) is 13.8. The molecule has 0 fully saturated rings. The SMILES string of the molecule is COC(=O)C1=C(C)N=c2s/c(=C\c3ccc(OC)cc3)c(=O)n2C1c1ccccc1Cl. The topological polar surface area (TPSA) is 69.9 Å². The van der Waals surface area contributed by atoms with Gasteiger partial charge in [-0.05, 0) is 42.3 Å². The van der Waals surface area contributed by atoms with Gasteiger partial charge in [-0.3, -0.25) is 9.36 Å². The summed E-state index contributed by atoms with van der Waals surface area (Å²) in [6.07, 6.45) is 1.80. The molecule has 1 aliphatic rings. The predicted molar refractivity (Wildman–Crippen MR) is 120 cm³/mol. The summed E-state index contributed by atoms with van der Waals surface area (Å²) in [5.74, 6) is 0.186. The van der Waals surface area contributed by atoms with Crippen LogP contribution in [0.2, 0.25) is 5.02 Å². The summed E-state index contributed by atoms with van der Waals surface area (Å²) >= 11 is 7.73. The van der Waals surface area contributed by atoms with Gasteiger partial charge in [-0.2, -0.15) is 0 Å². The molecule has 0 bridgehead atoms. The van der Waals surface area contributed by atoms with Crippen molar-refractivity contribution in [2.45, 2.75) is 13.0 Å². The molecule has 1 unspecified atom stereocenters. The van der Waals surface area contributed by atoms with Crippen LogP contribution in [0.5, 0.6) is 5.75 Å². The average molecular weight is 455 g/mol. The largest absolute Gasteiger partial charge is 0.497 e. The number of hydrogen-bond donors (Lipinski definition) is 0. The van der Waals surface area contributed by atoms with Gasteiger partial charge in [0.2, 0.25) is 0 Å². The van der Waals surface area contributed by atoms with Gasteiger partial charge in [0.05, 0.1) is 30.0 Å². The van der Waals surface area contributed by atoms with Crippen molar-refractivity contribution >= 4 is 35.0 Å². The second-order valence-electron chi connectivity index (χ2n) is 6.87. The number of aromatic nitrogens is 1. The van der Waals surface area contributed by atoms with Crippen LogP contribution < -0.4 is 19.6 Å². The highest BCUT2D eigenvalue weighted by Gasteiger charge is 2.34. The second kappa shape index (κ2) is 8.53. The van der Waals surface area contributed by atoms with Crippen molar-refractivity contribution in [3.63, 3.8) is 0 Å². The Bertz CT molecular complexity index is 1370. The number of carbonyl (C=O) groups is 1. The number of rotatable bonds is 4. The number of thiazole rings is 1. The quantitative estimate of drug-likeness (QED) is 0.568. The number of benzene rings is 2. The zero-order chi connectivity index (χ0) is 22.1. The summed E-state index contributed by atoms with van der Waals surface area (Å²) in [5.41, 5.74) is 2.02. The molecule has 0 aliphatic carbocycles. The Kier molecular flexibility index (Phi) is 5.80. The first-order valence-electron chi connectivity index (χ1n) is 9.44. The minimum atomic E-state index is -0.726. The third-order valence-electron chi connectivity index (χ3n) is 5.04. The van der Waals surface area contributed by atoms with Gasteiger partial charge in [0.15, 0.2) is 4.80 Å². The molecule has 0 saturated carbocycles. The third kappa shape index (κ3) is 3.82. The first-order valence-corrected chi connectivity index (χ1v) is 10.6. The van der Waals surface area contributed by atoms with E-state index >= 15 is 0 Å². The zero-order valence-corrected chi connectivity index (χ0v) is 18.7. The summed E-state index contributed by atoms with van der Waals surface area (Å²) in [5, 5.41) is 0.452. The summed E-state index contributed by atoms with van der Waals surface area (Å²) in [6.45, 7) is 1.73. The Balaban J connectivity index is 1.96. The fourth-order valence-corrected chi connectivity index (χ4v) is 4.82. The molecule has 2 aromatic carbocycles. The van der Waals surface area contributed by atoms with Gasteiger partial charge in [-0.25, -0.2) is 9.79 Å². The van der Waals surface area contributed by atoms with Crippen molar-refractivity contribution in [2.24, 2.45) is 4.99 Å². The molecule has 6 nitrogen and oxygen atoms in total. The van der Waals surface area contributed by atoms with Crippen LogP contribution in [0.4, 0.5) is 0 Å². The van der Waals surface area contributed by atoms with E-state index in [0.29, 0.717) is 31.2 Å². The van der Waals surface area contributed by atoms with Crippen molar-refractivity contribution in [1.29, 1.82) is 0 Å². The molecule has 1 atom stereocenters. The maximum absolute atomic E-state index is 13.4. The van der Waals surface area contributed by atoms with Gasteiger partial charge in [-0.1, -0.05) is 53.3 Å². The monoisotopic (exact) mass is 454 g/mol. The number of methoxy groups -OCH3 is 2.